The standard InChI is InChI=1S/C18H23NO2/c19-15-17-8-10-18(11-9-17)21-14-13-20-12-4-7-16-5-2-1-3-6-16/h1-3,5-6,8-11H,4,7,12-15,19H2. The van der Waals surface area contributed by atoms with Crippen molar-refractivity contribution in [2.24, 2.45) is 5.73 Å². The predicted molar refractivity (Wildman–Crippen MR) is 85.4 cm³/mol. The SMILES string of the molecule is NCc1ccc(OCCOCCCc2ccccc2)cc1. The van der Waals surface area contributed by atoms with Crippen LogP contribution in [0.5, 0.6) is 5.75 Å². The fourth-order valence-electron chi connectivity index (χ4n) is 2.07. The maximum Gasteiger partial charge on any atom is 0.119 e. The van der Waals surface area contributed by atoms with Crippen molar-refractivity contribution in [2.45, 2.75) is 19.4 Å². The van der Waals surface area contributed by atoms with E-state index < -0.39 is 0 Å². The van der Waals surface area contributed by atoms with Gasteiger partial charge >= 0.3 is 0 Å². The van der Waals surface area contributed by atoms with Crippen LogP contribution in [-0.2, 0) is 17.7 Å². The van der Waals surface area contributed by atoms with E-state index in [2.05, 4.69) is 24.3 Å². The third-order valence-corrected chi connectivity index (χ3v) is 3.25. The molecule has 0 saturated heterocycles. The fourth-order valence-corrected chi connectivity index (χ4v) is 2.07. The second kappa shape index (κ2) is 9.16. The summed E-state index contributed by atoms with van der Waals surface area (Å²) in [7, 11) is 0. The van der Waals surface area contributed by atoms with Gasteiger partial charge in [0, 0.05) is 13.2 Å². The summed E-state index contributed by atoms with van der Waals surface area (Å²) in [6.45, 7) is 2.52. The molecule has 0 aliphatic rings. The van der Waals surface area contributed by atoms with Crippen molar-refractivity contribution in [3.63, 3.8) is 0 Å². The second-order valence-corrected chi connectivity index (χ2v) is 4.90. The first-order chi connectivity index (χ1) is 10.4. The van der Waals surface area contributed by atoms with Crippen molar-refractivity contribution in [1.29, 1.82) is 0 Å². The third-order valence-electron chi connectivity index (χ3n) is 3.25. The minimum Gasteiger partial charge on any atom is -0.491 e. The summed E-state index contributed by atoms with van der Waals surface area (Å²) in [6, 6.07) is 18.3. The summed E-state index contributed by atoms with van der Waals surface area (Å²) >= 11 is 0. The molecule has 0 heterocycles. The first kappa shape index (κ1) is 15.5. The van der Waals surface area contributed by atoms with Crippen LogP contribution in [0, 0.1) is 0 Å². The van der Waals surface area contributed by atoms with Crippen molar-refractivity contribution in [3.8, 4) is 5.75 Å². The van der Waals surface area contributed by atoms with E-state index in [0.29, 0.717) is 19.8 Å². The van der Waals surface area contributed by atoms with Gasteiger partial charge in [-0.3, -0.25) is 0 Å². The lowest BCUT2D eigenvalue weighted by atomic mass is 10.1. The molecule has 3 nitrogen and oxygen atoms in total. The lowest BCUT2D eigenvalue weighted by Gasteiger charge is -2.08. The molecular formula is C18H23NO2. The van der Waals surface area contributed by atoms with E-state index in [-0.39, 0.29) is 0 Å². The Hall–Kier alpha value is -1.84. The van der Waals surface area contributed by atoms with Gasteiger partial charge in [0.05, 0.1) is 6.61 Å². The Morgan fingerprint density at radius 2 is 1.52 bits per heavy atom. The monoisotopic (exact) mass is 285 g/mol. The highest BCUT2D eigenvalue weighted by atomic mass is 16.5. The Morgan fingerprint density at radius 3 is 2.24 bits per heavy atom. The van der Waals surface area contributed by atoms with Crippen LogP contribution in [0.3, 0.4) is 0 Å². The van der Waals surface area contributed by atoms with Gasteiger partial charge in [0.15, 0.2) is 0 Å². The van der Waals surface area contributed by atoms with Crippen LogP contribution in [0.15, 0.2) is 54.6 Å². The molecule has 0 aromatic heterocycles. The topological polar surface area (TPSA) is 44.5 Å². The molecule has 0 aliphatic heterocycles. The van der Waals surface area contributed by atoms with Crippen LogP contribution >= 0.6 is 0 Å². The van der Waals surface area contributed by atoms with Crippen molar-refractivity contribution in [3.05, 3.63) is 65.7 Å². The van der Waals surface area contributed by atoms with Gasteiger partial charge < -0.3 is 15.2 Å². The zero-order valence-corrected chi connectivity index (χ0v) is 12.3. The van der Waals surface area contributed by atoms with E-state index in [1.807, 2.05) is 30.3 Å². The predicted octanol–water partition coefficient (Wildman–Crippen LogP) is 3.17. The molecule has 2 N–H and O–H groups in total. The Labute approximate surface area is 126 Å². The highest BCUT2D eigenvalue weighted by Crippen LogP contribution is 2.11. The number of hydrogen-bond donors (Lipinski definition) is 1. The van der Waals surface area contributed by atoms with Crippen LogP contribution in [0.1, 0.15) is 17.5 Å². The Morgan fingerprint density at radius 1 is 0.762 bits per heavy atom. The van der Waals surface area contributed by atoms with Crippen molar-refractivity contribution in [2.75, 3.05) is 19.8 Å². The van der Waals surface area contributed by atoms with Crippen LogP contribution in [-0.4, -0.2) is 19.8 Å². The molecule has 0 radical (unpaired) electrons. The lowest BCUT2D eigenvalue weighted by Crippen LogP contribution is -2.08. The van der Waals surface area contributed by atoms with Gasteiger partial charge in [-0.1, -0.05) is 42.5 Å². The Balaban J connectivity index is 1.51. The zero-order valence-electron chi connectivity index (χ0n) is 12.3. The maximum absolute atomic E-state index is 5.60. The van der Waals surface area contributed by atoms with Gasteiger partial charge in [-0.05, 0) is 36.1 Å². The molecule has 112 valence electrons. The van der Waals surface area contributed by atoms with Crippen LogP contribution in [0.2, 0.25) is 0 Å². The highest BCUT2D eigenvalue weighted by Gasteiger charge is 1.96. The molecular weight excluding hydrogens is 262 g/mol. The second-order valence-electron chi connectivity index (χ2n) is 4.90. The summed E-state index contributed by atoms with van der Waals surface area (Å²) in [5.41, 5.74) is 8.02. The molecule has 0 fully saturated rings. The van der Waals surface area contributed by atoms with E-state index >= 15 is 0 Å². The molecule has 0 aliphatic carbocycles. The fraction of sp³-hybridized carbons (Fsp3) is 0.333. The third kappa shape index (κ3) is 5.98. The first-order valence-corrected chi connectivity index (χ1v) is 7.42. The molecule has 0 spiro atoms. The van der Waals surface area contributed by atoms with E-state index in [0.717, 1.165) is 30.8 Å². The first-order valence-electron chi connectivity index (χ1n) is 7.42. The number of benzene rings is 2. The molecule has 0 bridgehead atoms. The van der Waals surface area contributed by atoms with E-state index in [1.54, 1.807) is 0 Å². The molecule has 3 heteroatoms. The van der Waals surface area contributed by atoms with Gasteiger partial charge in [0.1, 0.15) is 12.4 Å². The molecule has 2 aromatic rings. The average molecular weight is 285 g/mol. The Bertz CT molecular complexity index is 496. The zero-order chi connectivity index (χ0) is 14.8. The molecule has 0 unspecified atom stereocenters. The number of aryl methyl sites for hydroxylation is 1. The molecule has 2 aromatic carbocycles. The summed E-state index contributed by atoms with van der Waals surface area (Å²) in [5, 5.41) is 0. The minimum atomic E-state index is 0.560. The molecule has 21 heavy (non-hydrogen) atoms. The number of hydrogen-bond acceptors (Lipinski definition) is 3. The Kier molecular flexibility index (Phi) is 6.78. The highest BCUT2D eigenvalue weighted by molar-refractivity contribution is 5.27. The summed E-state index contributed by atoms with van der Waals surface area (Å²) in [6.07, 6.45) is 2.09. The van der Waals surface area contributed by atoms with Gasteiger partial charge in [-0.2, -0.15) is 0 Å². The van der Waals surface area contributed by atoms with E-state index in [4.69, 9.17) is 15.2 Å². The molecule has 0 saturated carbocycles. The largest absolute Gasteiger partial charge is 0.491 e. The summed E-state index contributed by atoms with van der Waals surface area (Å²) < 4.78 is 11.2. The normalized spacial score (nSPS) is 10.5. The quantitative estimate of drug-likeness (QED) is 0.720. The van der Waals surface area contributed by atoms with Crippen LogP contribution in [0.4, 0.5) is 0 Å². The minimum absolute atomic E-state index is 0.560. The van der Waals surface area contributed by atoms with E-state index in [9.17, 15) is 0 Å². The van der Waals surface area contributed by atoms with E-state index in [1.165, 1.54) is 5.56 Å². The molecule has 2 rings (SSSR count). The van der Waals surface area contributed by atoms with Gasteiger partial charge in [-0.25, -0.2) is 0 Å². The molecule has 0 amide bonds. The lowest BCUT2D eigenvalue weighted by molar-refractivity contribution is 0.0985. The maximum atomic E-state index is 5.60. The average Bonchev–Trinajstić information content (AvgIpc) is 2.55. The van der Waals surface area contributed by atoms with Gasteiger partial charge in [0.2, 0.25) is 0 Å². The number of rotatable bonds is 9. The summed E-state index contributed by atoms with van der Waals surface area (Å²) in [4.78, 5) is 0. The van der Waals surface area contributed by atoms with Crippen molar-refractivity contribution in [1.82, 2.24) is 0 Å². The molecule has 0 atom stereocenters. The number of nitrogens with two attached hydrogens (primary N) is 1. The van der Waals surface area contributed by atoms with Crippen LogP contribution < -0.4 is 10.5 Å². The van der Waals surface area contributed by atoms with Crippen LogP contribution in [0.25, 0.3) is 0 Å². The van der Waals surface area contributed by atoms with Crippen molar-refractivity contribution < 1.29 is 9.47 Å². The smallest absolute Gasteiger partial charge is 0.119 e. The van der Waals surface area contributed by atoms with Gasteiger partial charge in [-0.15, -0.1) is 0 Å². The number of ether oxygens (including phenoxy) is 2. The van der Waals surface area contributed by atoms with Crippen molar-refractivity contribution >= 4 is 0 Å². The summed E-state index contributed by atoms with van der Waals surface area (Å²) in [5.74, 6) is 0.861. The van der Waals surface area contributed by atoms with Gasteiger partial charge in [0.25, 0.3) is 0 Å².